The molecule has 0 saturated heterocycles. The number of Topliss-reactive ketones (excluding diaryl/α,β-unsaturated/α-hetero) is 1. The standard InChI is InChI=1S/C17H18N2O2/c1-19-13-15(12-16(19)9-5-6-10-18-21)17(20)11-14-7-3-2-4-8-14/h2-5,7-9,12-13H,6,10-11H2,1H3/b9-5+. The third-order valence-corrected chi connectivity index (χ3v) is 3.25. The fraction of sp³-hybridized carbons (Fsp3) is 0.235. The Morgan fingerprint density at radius 3 is 2.76 bits per heavy atom. The van der Waals surface area contributed by atoms with Crippen molar-refractivity contribution in [3.8, 4) is 0 Å². The first-order valence-corrected chi connectivity index (χ1v) is 6.90. The van der Waals surface area contributed by atoms with Crippen molar-refractivity contribution in [3.63, 3.8) is 0 Å². The number of benzene rings is 1. The maximum Gasteiger partial charge on any atom is 0.168 e. The SMILES string of the molecule is Cn1cc(C(=O)Cc2ccccc2)cc1/C=C/CCN=O. The Kier molecular flexibility index (Phi) is 5.21. The normalized spacial score (nSPS) is 10.9. The van der Waals surface area contributed by atoms with Crippen molar-refractivity contribution in [2.45, 2.75) is 12.8 Å². The molecule has 0 aliphatic rings. The number of aromatic nitrogens is 1. The molecule has 0 saturated carbocycles. The van der Waals surface area contributed by atoms with Crippen LogP contribution in [0, 0.1) is 4.91 Å². The summed E-state index contributed by atoms with van der Waals surface area (Å²) < 4.78 is 1.91. The van der Waals surface area contributed by atoms with Crippen LogP contribution in [0.4, 0.5) is 0 Å². The first-order valence-electron chi connectivity index (χ1n) is 6.90. The van der Waals surface area contributed by atoms with Gasteiger partial charge in [0.1, 0.15) is 0 Å². The molecule has 1 heterocycles. The van der Waals surface area contributed by atoms with Crippen LogP contribution in [0.3, 0.4) is 0 Å². The zero-order chi connectivity index (χ0) is 15.1. The van der Waals surface area contributed by atoms with Gasteiger partial charge in [0.05, 0.1) is 6.54 Å². The smallest absolute Gasteiger partial charge is 0.168 e. The molecule has 0 bridgehead atoms. The summed E-state index contributed by atoms with van der Waals surface area (Å²) in [5, 5.41) is 2.81. The Bertz CT molecular complexity index is 642. The van der Waals surface area contributed by atoms with E-state index in [-0.39, 0.29) is 12.3 Å². The molecule has 2 aromatic rings. The summed E-state index contributed by atoms with van der Waals surface area (Å²) in [5.74, 6) is 0.103. The van der Waals surface area contributed by atoms with E-state index in [1.807, 2.05) is 66.4 Å². The molecule has 21 heavy (non-hydrogen) atoms. The van der Waals surface area contributed by atoms with Gasteiger partial charge >= 0.3 is 0 Å². The molecule has 0 aliphatic carbocycles. The quantitative estimate of drug-likeness (QED) is 0.442. The van der Waals surface area contributed by atoms with Crippen molar-refractivity contribution in [2.24, 2.45) is 12.2 Å². The van der Waals surface area contributed by atoms with Gasteiger partial charge in [-0.2, -0.15) is 4.91 Å². The lowest BCUT2D eigenvalue weighted by Gasteiger charge is -1.98. The van der Waals surface area contributed by atoms with Crippen LogP contribution in [0.15, 0.2) is 53.8 Å². The molecular formula is C17H18N2O2. The predicted molar refractivity (Wildman–Crippen MR) is 84.2 cm³/mol. The highest BCUT2D eigenvalue weighted by Crippen LogP contribution is 2.13. The molecule has 4 nitrogen and oxygen atoms in total. The van der Waals surface area contributed by atoms with Crippen molar-refractivity contribution >= 4 is 11.9 Å². The zero-order valence-electron chi connectivity index (χ0n) is 12.0. The molecule has 108 valence electrons. The summed E-state index contributed by atoms with van der Waals surface area (Å²) in [5.41, 5.74) is 2.66. The third kappa shape index (κ3) is 4.24. The predicted octanol–water partition coefficient (Wildman–Crippen LogP) is 3.62. The minimum atomic E-state index is 0.103. The Morgan fingerprint density at radius 2 is 2.05 bits per heavy atom. The molecule has 1 aromatic heterocycles. The number of ketones is 1. The van der Waals surface area contributed by atoms with E-state index in [0.717, 1.165) is 11.3 Å². The molecule has 0 N–H and O–H groups in total. The summed E-state index contributed by atoms with van der Waals surface area (Å²) >= 11 is 0. The second-order valence-electron chi connectivity index (χ2n) is 4.89. The monoisotopic (exact) mass is 282 g/mol. The Balaban J connectivity index is 2.05. The van der Waals surface area contributed by atoms with E-state index >= 15 is 0 Å². The average molecular weight is 282 g/mol. The fourth-order valence-electron chi connectivity index (χ4n) is 2.11. The van der Waals surface area contributed by atoms with E-state index in [9.17, 15) is 9.70 Å². The summed E-state index contributed by atoms with van der Waals surface area (Å²) in [4.78, 5) is 22.3. The molecule has 0 aliphatic heterocycles. The summed E-state index contributed by atoms with van der Waals surface area (Å²) in [7, 11) is 1.90. The van der Waals surface area contributed by atoms with E-state index in [1.54, 1.807) is 0 Å². The molecule has 0 radical (unpaired) electrons. The van der Waals surface area contributed by atoms with Crippen LogP contribution < -0.4 is 0 Å². The Labute approximate surface area is 124 Å². The van der Waals surface area contributed by atoms with Crippen molar-refractivity contribution < 1.29 is 4.79 Å². The first kappa shape index (κ1) is 14.9. The first-order chi connectivity index (χ1) is 10.2. The van der Waals surface area contributed by atoms with Crippen LogP contribution in [0.2, 0.25) is 0 Å². The molecular weight excluding hydrogens is 264 g/mol. The number of hydrogen-bond acceptors (Lipinski definition) is 3. The lowest BCUT2D eigenvalue weighted by atomic mass is 10.1. The van der Waals surface area contributed by atoms with Crippen molar-refractivity contribution in [2.75, 3.05) is 6.54 Å². The molecule has 2 rings (SSSR count). The highest BCUT2D eigenvalue weighted by atomic mass is 16.3. The van der Waals surface area contributed by atoms with Crippen molar-refractivity contribution in [1.29, 1.82) is 0 Å². The maximum absolute atomic E-state index is 12.3. The third-order valence-electron chi connectivity index (χ3n) is 3.25. The van der Waals surface area contributed by atoms with Gasteiger partial charge in [-0.3, -0.25) is 4.79 Å². The van der Waals surface area contributed by atoms with Gasteiger partial charge in [-0.25, -0.2) is 0 Å². The molecule has 0 amide bonds. The fourth-order valence-corrected chi connectivity index (χ4v) is 2.11. The minimum Gasteiger partial charge on any atom is -0.350 e. The highest BCUT2D eigenvalue weighted by molar-refractivity contribution is 5.98. The van der Waals surface area contributed by atoms with E-state index in [2.05, 4.69) is 5.18 Å². The van der Waals surface area contributed by atoms with Gasteiger partial charge in [-0.05, 0) is 24.1 Å². The van der Waals surface area contributed by atoms with Crippen LogP contribution in [0.5, 0.6) is 0 Å². The van der Waals surface area contributed by atoms with Gasteiger partial charge in [-0.15, -0.1) is 0 Å². The van der Waals surface area contributed by atoms with Crippen LogP contribution in [-0.2, 0) is 13.5 Å². The van der Waals surface area contributed by atoms with Gasteiger partial charge in [-0.1, -0.05) is 41.6 Å². The lowest BCUT2D eigenvalue weighted by molar-refractivity contribution is 0.0993. The number of carbonyl (C=O) groups excluding carboxylic acids is 1. The van der Waals surface area contributed by atoms with E-state index in [0.29, 0.717) is 18.4 Å². The summed E-state index contributed by atoms with van der Waals surface area (Å²) in [6.07, 6.45) is 6.65. The second-order valence-corrected chi connectivity index (χ2v) is 4.89. The molecule has 0 unspecified atom stereocenters. The molecule has 0 spiro atoms. The largest absolute Gasteiger partial charge is 0.350 e. The van der Waals surface area contributed by atoms with E-state index in [1.165, 1.54) is 0 Å². The Hall–Kier alpha value is -2.49. The molecule has 4 heteroatoms. The molecule has 0 atom stereocenters. The van der Waals surface area contributed by atoms with Gasteiger partial charge in [0.2, 0.25) is 0 Å². The summed E-state index contributed by atoms with van der Waals surface area (Å²) in [6, 6.07) is 11.6. The van der Waals surface area contributed by atoms with Crippen molar-refractivity contribution in [1.82, 2.24) is 4.57 Å². The highest BCUT2D eigenvalue weighted by Gasteiger charge is 2.10. The van der Waals surface area contributed by atoms with Crippen LogP contribution in [-0.4, -0.2) is 16.9 Å². The zero-order valence-corrected chi connectivity index (χ0v) is 12.0. The number of carbonyl (C=O) groups is 1. The van der Waals surface area contributed by atoms with E-state index < -0.39 is 0 Å². The van der Waals surface area contributed by atoms with Gasteiger partial charge in [0.25, 0.3) is 0 Å². The van der Waals surface area contributed by atoms with Gasteiger partial charge in [0.15, 0.2) is 5.78 Å². The minimum absolute atomic E-state index is 0.103. The number of aryl methyl sites for hydroxylation is 1. The number of nitroso groups, excluding NO2 is 1. The number of rotatable bonds is 7. The van der Waals surface area contributed by atoms with Gasteiger partial charge < -0.3 is 4.57 Å². The van der Waals surface area contributed by atoms with Crippen molar-refractivity contribution in [3.05, 3.63) is 70.4 Å². The molecule has 1 aromatic carbocycles. The second kappa shape index (κ2) is 7.33. The number of hydrogen-bond donors (Lipinski definition) is 0. The Morgan fingerprint density at radius 1 is 1.29 bits per heavy atom. The summed E-state index contributed by atoms with van der Waals surface area (Å²) in [6.45, 7) is 0.278. The van der Waals surface area contributed by atoms with Crippen LogP contribution in [0.1, 0.15) is 28.0 Å². The van der Waals surface area contributed by atoms with Crippen LogP contribution >= 0.6 is 0 Å². The molecule has 0 fully saturated rings. The lowest BCUT2D eigenvalue weighted by Crippen LogP contribution is -2.02. The topological polar surface area (TPSA) is 51.4 Å². The van der Waals surface area contributed by atoms with Crippen LogP contribution in [0.25, 0.3) is 6.08 Å². The van der Waals surface area contributed by atoms with E-state index in [4.69, 9.17) is 0 Å². The number of nitrogens with zero attached hydrogens (tertiary/aromatic N) is 2. The van der Waals surface area contributed by atoms with Gasteiger partial charge in [0, 0.05) is 30.9 Å². The average Bonchev–Trinajstić information content (AvgIpc) is 2.86. The maximum atomic E-state index is 12.3.